The van der Waals surface area contributed by atoms with Crippen LogP contribution in [0.25, 0.3) is 0 Å². The van der Waals surface area contributed by atoms with Crippen LogP contribution >= 0.6 is 0 Å². The Hall–Kier alpha value is -1.04. The lowest BCUT2D eigenvalue weighted by molar-refractivity contribution is 0.585. The molecule has 0 spiro atoms. The molecular weight excluding hydrogens is 156 g/mol. The van der Waals surface area contributed by atoms with E-state index >= 15 is 0 Å². The minimum absolute atomic E-state index is 0.205. The van der Waals surface area contributed by atoms with E-state index in [1.807, 2.05) is 0 Å². The Morgan fingerprint density at radius 2 is 1.85 bits per heavy atom. The van der Waals surface area contributed by atoms with Gasteiger partial charge in [-0.05, 0) is 35.1 Å². The lowest BCUT2D eigenvalue weighted by atomic mass is 9.83. The van der Waals surface area contributed by atoms with Crippen LogP contribution in [0.2, 0.25) is 0 Å². The number of rotatable bonds is 1. The van der Waals surface area contributed by atoms with Gasteiger partial charge < -0.3 is 0 Å². The van der Waals surface area contributed by atoms with Crippen molar-refractivity contribution in [2.24, 2.45) is 0 Å². The maximum atomic E-state index is 3.69. The van der Waals surface area contributed by atoms with E-state index in [1.54, 1.807) is 0 Å². The fourth-order valence-electron chi connectivity index (χ4n) is 1.64. The predicted octanol–water partition coefficient (Wildman–Crippen LogP) is 3.63. The average Bonchev–Trinajstić information content (AvgIpc) is 2.02. The third kappa shape index (κ3) is 2.00. The summed E-state index contributed by atoms with van der Waals surface area (Å²) >= 11 is 0. The molecule has 0 aliphatic heterocycles. The van der Waals surface area contributed by atoms with E-state index in [1.165, 1.54) is 11.1 Å². The van der Waals surface area contributed by atoms with Gasteiger partial charge >= 0.3 is 0 Å². The molecule has 1 radical (unpaired) electrons. The Balaban J connectivity index is 3.32. The fourth-order valence-corrected chi connectivity index (χ4v) is 1.64. The van der Waals surface area contributed by atoms with Crippen molar-refractivity contribution in [3.63, 3.8) is 0 Å². The van der Waals surface area contributed by atoms with Crippen molar-refractivity contribution < 1.29 is 0 Å². The van der Waals surface area contributed by atoms with Crippen LogP contribution in [0.1, 0.15) is 37.5 Å². The molecule has 69 valence electrons. The topological polar surface area (TPSA) is 0 Å². The van der Waals surface area contributed by atoms with Crippen molar-refractivity contribution in [2.75, 3.05) is 0 Å². The summed E-state index contributed by atoms with van der Waals surface area (Å²) in [5, 5.41) is 0. The summed E-state index contributed by atoms with van der Waals surface area (Å²) in [6, 6.07) is 6.30. The highest BCUT2D eigenvalue weighted by Gasteiger charge is 2.16. The van der Waals surface area contributed by atoms with Gasteiger partial charge in [0.15, 0.2) is 0 Å². The molecule has 0 heterocycles. The second-order valence-electron chi connectivity index (χ2n) is 4.40. The van der Waals surface area contributed by atoms with Crippen LogP contribution < -0.4 is 0 Å². The Morgan fingerprint density at radius 3 is 2.31 bits per heavy atom. The van der Waals surface area contributed by atoms with E-state index < -0.39 is 0 Å². The second kappa shape index (κ2) is 3.37. The third-order valence-electron chi connectivity index (χ3n) is 2.33. The van der Waals surface area contributed by atoms with Gasteiger partial charge in [-0.1, -0.05) is 45.5 Å². The van der Waals surface area contributed by atoms with Gasteiger partial charge in [0.05, 0.1) is 0 Å². The zero-order valence-electron chi connectivity index (χ0n) is 8.94. The largest absolute Gasteiger partial charge is 0.0905 e. The third-order valence-corrected chi connectivity index (χ3v) is 2.33. The fraction of sp³-hybridized carbons (Fsp3) is 0.385. The first kappa shape index (κ1) is 10.0. The Bertz CT molecular complexity index is 313. The van der Waals surface area contributed by atoms with Crippen molar-refractivity contribution >= 4 is 0 Å². The SMILES string of the molecule is C=[C]c1cccc(C(C)(C)C)c1C. The lowest BCUT2D eigenvalue weighted by Crippen LogP contribution is -2.13. The summed E-state index contributed by atoms with van der Waals surface area (Å²) in [5.74, 6) is 0. The van der Waals surface area contributed by atoms with Gasteiger partial charge in [-0.15, -0.1) is 0 Å². The quantitative estimate of drug-likeness (QED) is 0.608. The maximum Gasteiger partial charge on any atom is -0.0129 e. The van der Waals surface area contributed by atoms with Crippen LogP contribution in [0.15, 0.2) is 24.8 Å². The van der Waals surface area contributed by atoms with Gasteiger partial charge in [0.1, 0.15) is 0 Å². The molecule has 0 bridgehead atoms. The molecule has 0 fully saturated rings. The molecule has 0 aliphatic carbocycles. The molecule has 0 saturated carbocycles. The minimum Gasteiger partial charge on any atom is -0.0905 e. The normalized spacial score (nSPS) is 11.4. The van der Waals surface area contributed by atoms with Gasteiger partial charge in [0.25, 0.3) is 0 Å². The van der Waals surface area contributed by atoms with Crippen LogP contribution in [-0.4, -0.2) is 0 Å². The monoisotopic (exact) mass is 173 g/mol. The minimum atomic E-state index is 0.205. The molecule has 0 heteroatoms. The highest BCUT2D eigenvalue weighted by molar-refractivity contribution is 5.40. The van der Waals surface area contributed by atoms with E-state index in [0.29, 0.717) is 0 Å². The standard InChI is InChI=1S/C13H17/c1-6-11-8-7-9-12(10(11)2)13(3,4)5/h7-9H,1H2,2-5H3. The van der Waals surface area contributed by atoms with Crippen LogP contribution in [0, 0.1) is 13.0 Å². The molecule has 0 aliphatic rings. The summed E-state index contributed by atoms with van der Waals surface area (Å²) in [4.78, 5) is 0. The number of benzene rings is 1. The van der Waals surface area contributed by atoms with E-state index in [4.69, 9.17) is 0 Å². The zero-order valence-corrected chi connectivity index (χ0v) is 8.94. The molecule has 1 aromatic rings. The van der Waals surface area contributed by atoms with Gasteiger partial charge in [-0.3, -0.25) is 0 Å². The molecular formula is C13H17. The zero-order chi connectivity index (χ0) is 10.1. The molecule has 0 amide bonds. The van der Waals surface area contributed by atoms with E-state index in [9.17, 15) is 0 Å². The first-order valence-corrected chi connectivity index (χ1v) is 4.60. The smallest absolute Gasteiger partial charge is 0.0129 e. The first-order chi connectivity index (χ1) is 5.96. The van der Waals surface area contributed by atoms with Crippen molar-refractivity contribution in [1.29, 1.82) is 0 Å². The van der Waals surface area contributed by atoms with Crippen LogP contribution in [-0.2, 0) is 5.41 Å². The Kier molecular flexibility index (Phi) is 2.60. The van der Waals surface area contributed by atoms with Crippen molar-refractivity contribution in [3.05, 3.63) is 47.5 Å². The van der Waals surface area contributed by atoms with Gasteiger partial charge in [-0.25, -0.2) is 0 Å². The van der Waals surface area contributed by atoms with Crippen LogP contribution in [0.3, 0.4) is 0 Å². The highest BCUT2D eigenvalue weighted by Crippen LogP contribution is 2.27. The molecule has 0 nitrogen and oxygen atoms in total. The van der Waals surface area contributed by atoms with Gasteiger partial charge in [0, 0.05) is 0 Å². The summed E-state index contributed by atoms with van der Waals surface area (Å²) < 4.78 is 0. The highest BCUT2D eigenvalue weighted by atomic mass is 14.2. The van der Waals surface area contributed by atoms with Crippen molar-refractivity contribution in [1.82, 2.24) is 0 Å². The Labute approximate surface area is 81.3 Å². The molecule has 0 atom stereocenters. The van der Waals surface area contributed by atoms with E-state index in [-0.39, 0.29) is 5.41 Å². The second-order valence-corrected chi connectivity index (χ2v) is 4.40. The van der Waals surface area contributed by atoms with Crippen LogP contribution in [0.5, 0.6) is 0 Å². The number of hydrogen-bond donors (Lipinski definition) is 0. The summed E-state index contributed by atoms with van der Waals surface area (Å²) in [6.07, 6.45) is 2.96. The summed E-state index contributed by atoms with van der Waals surface area (Å²) in [5.41, 5.74) is 4.00. The molecule has 0 saturated heterocycles. The van der Waals surface area contributed by atoms with Gasteiger partial charge in [-0.2, -0.15) is 0 Å². The average molecular weight is 173 g/mol. The van der Waals surface area contributed by atoms with E-state index in [2.05, 4.69) is 58.5 Å². The predicted molar refractivity (Wildman–Crippen MR) is 57.9 cm³/mol. The maximum absolute atomic E-state index is 3.69. The molecule has 1 rings (SSSR count). The molecule has 13 heavy (non-hydrogen) atoms. The first-order valence-electron chi connectivity index (χ1n) is 4.60. The number of hydrogen-bond acceptors (Lipinski definition) is 0. The Morgan fingerprint density at radius 1 is 1.23 bits per heavy atom. The van der Waals surface area contributed by atoms with Crippen molar-refractivity contribution in [2.45, 2.75) is 33.1 Å². The molecule has 0 N–H and O–H groups in total. The van der Waals surface area contributed by atoms with Crippen molar-refractivity contribution in [3.8, 4) is 0 Å². The molecule has 0 aromatic heterocycles. The van der Waals surface area contributed by atoms with E-state index in [0.717, 1.165) is 5.56 Å². The molecule has 0 unspecified atom stereocenters. The molecule has 1 aromatic carbocycles. The van der Waals surface area contributed by atoms with Crippen LogP contribution in [0.4, 0.5) is 0 Å². The van der Waals surface area contributed by atoms with Gasteiger partial charge in [0.2, 0.25) is 0 Å². The summed E-state index contributed by atoms with van der Waals surface area (Å²) in [6.45, 7) is 12.5. The lowest BCUT2D eigenvalue weighted by Gasteiger charge is -2.22. The summed E-state index contributed by atoms with van der Waals surface area (Å²) in [7, 11) is 0.